The number of aromatic nitrogens is 3. The molecule has 104 valence electrons. The molecule has 0 saturated carbocycles. The number of nitrogens with zero attached hydrogens (tertiary/aromatic N) is 2. The van der Waals surface area contributed by atoms with Crippen molar-refractivity contribution in [2.45, 2.75) is 23.7 Å². The second-order valence-corrected chi connectivity index (χ2v) is 6.87. The van der Waals surface area contributed by atoms with Gasteiger partial charge in [0, 0.05) is 6.54 Å². The Labute approximate surface area is 115 Å². The Balaban J connectivity index is 2.13. The monoisotopic (exact) mass is 301 g/mol. The van der Waals surface area contributed by atoms with E-state index in [1.807, 2.05) is 12.4 Å². The van der Waals surface area contributed by atoms with Crippen LogP contribution in [0.1, 0.15) is 24.4 Å². The Morgan fingerprint density at radius 3 is 2.95 bits per heavy atom. The highest BCUT2D eigenvalue weighted by Gasteiger charge is 2.21. The molecule has 0 radical (unpaired) electrons. The van der Waals surface area contributed by atoms with Crippen LogP contribution in [0, 0.1) is 0 Å². The lowest BCUT2D eigenvalue weighted by molar-refractivity contribution is 0.562. The first-order chi connectivity index (χ1) is 9.03. The Morgan fingerprint density at radius 2 is 2.32 bits per heavy atom. The summed E-state index contributed by atoms with van der Waals surface area (Å²) in [5, 5.41) is 11.1. The van der Waals surface area contributed by atoms with Gasteiger partial charge in [-0.3, -0.25) is 5.10 Å². The second-order valence-electron chi connectivity index (χ2n) is 4.02. The number of thiophene rings is 1. The van der Waals surface area contributed by atoms with Gasteiger partial charge < -0.3 is 5.32 Å². The van der Waals surface area contributed by atoms with E-state index in [4.69, 9.17) is 0 Å². The van der Waals surface area contributed by atoms with Gasteiger partial charge in [0.1, 0.15) is 16.4 Å². The van der Waals surface area contributed by atoms with Crippen molar-refractivity contribution in [3.05, 3.63) is 29.2 Å². The standard InChI is InChI=1S/C10H15N5O2S2/c1-7(10-12-6-13-14-10)15-19(16,17)9-3-8(4-11-2)5-18-9/h3,5-7,11,15H,4H2,1-2H3,(H,12,13,14). The van der Waals surface area contributed by atoms with Crippen LogP contribution in [0.3, 0.4) is 0 Å². The molecule has 19 heavy (non-hydrogen) atoms. The summed E-state index contributed by atoms with van der Waals surface area (Å²) in [5.41, 5.74) is 0.945. The van der Waals surface area contributed by atoms with Gasteiger partial charge in [0.05, 0.1) is 6.04 Å². The zero-order valence-corrected chi connectivity index (χ0v) is 12.2. The third kappa shape index (κ3) is 3.38. The molecule has 9 heteroatoms. The highest BCUT2D eigenvalue weighted by Crippen LogP contribution is 2.21. The summed E-state index contributed by atoms with van der Waals surface area (Å²) in [6, 6.07) is 1.21. The summed E-state index contributed by atoms with van der Waals surface area (Å²) in [4.78, 5) is 3.93. The largest absolute Gasteiger partial charge is 0.316 e. The van der Waals surface area contributed by atoms with Crippen LogP contribution >= 0.6 is 11.3 Å². The molecule has 7 nitrogen and oxygen atoms in total. The molecule has 0 aliphatic rings. The zero-order chi connectivity index (χ0) is 13.9. The van der Waals surface area contributed by atoms with Gasteiger partial charge in [-0.2, -0.15) is 5.10 Å². The first kappa shape index (κ1) is 14.1. The maximum absolute atomic E-state index is 12.2. The van der Waals surface area contributed by atoms with E-state index in [1.54, 1.807) is 13.0 Å². The van der Waals surface area contributed by atoms with Crippen LogP contribution in [0.25, 0.3) is 0 Å². The predicted octanol–water partition coefficient (Wildman–Crippen LogP) is 0.625. The molecule has 0 fully saturated rings. The Hall–Kier alpha value is -1.29. The van der Waals surface area contributed by atoms with E-state index in [1.165, 1.54) is 17.7 Å². The number of H-pyrrole nitrogens is 1. The predicted molar refractivity (Wildman–Crippen MR) is 72.2 cm³/mol. The SMILES string of the molecule is CNCc1csc(S(=O)(=O)NC(C)c2ncn[nH]2)c1. The average molecular weight is 301 g/mol. The quantitative estimate of drug-likeness (QED) is 0.726. The molecular weight excluding hydrogens is 286 g/mol. The first-order valence-corrected chi connectivity index (χ1v) is 7.99. The number of hydrogen-bond donors (Lipinski definition) is 3. The summed E-state index contributed by atoms with van der Waals surface area (Å²) < 4.78 is 27.2. The summed E-state index contributed by atoms with van der Waals surface area (Å²) in [5.74, 6) is 0.482. The van der Waals surface area contributed by atoms with Gasteiger partial charge in [-0.1, -0.05) is 0 Å². The molecule has 1 atom stereocenters. The molecule has 2 aromatic heterocycles. The van der Waals surface area contributed by atoms with Crippen molar-refractivity contribution >= 4 is 21.4 Å². The van der Waals surface area contributed by atoms with Crippen LogP contribution in [-0.2, 0) is 16.6 Å². The number of hydrogen-bond acceptors (Lipinski definition) is 6. The van der Waals surface area contributed by atoms with E-state index >= 15 is 0 Å². The number of nitrogens with one attached hydrogen (secondary N) is 3. The smallest absolute Gasteiger partial charge is 0.250 e. The number of aromatic amines is 1. The Bertz CT molecular complexity index is 620. The van der Waals surface area contributed by atoms with E-state index < -0.39 is 16.1 Å². The summed E-state index contributed by atoms with van der Waals surface area (Å²) in [7, 11) is -1.71. The zero-order valence-electron chi connectivity index (χ0n) is 10.5. The number of rotatable bonds is 6. The molecule has 0 amide bonds. The minimum absolute atomic E-state index is 0.295. The molecule has 0 spiro atoms. The van der Waals surface area contributed by atoms with E-state index in [9.17, 15) is 8.42 Å². The molecule has 0 saturated heterocycles. The summed E-state index contributed by atoms with van der Waals surface area (Å²) in [6.45, 7) is 2.35. The van der Waals surface area contributed by atoms with Crippen molar-refractivity contribution < 1.29 is 8.42 Å². The van der Waals surface area contributed by atoms with Crippen molar-refractivity contribution in [1.29, 1.82) is 0 Å². The molecule has 3 N–H and O–H groups in total. The highest BCUT2D eigenvalue weighted by atomic mass is 32.2. The van der Waals surface area contributed by atoms with Crippen LogP contribution in [-0.4, -0.2) is 30.6 Å². The maximum atomic E-state index is 12.2. The van der Waals surface area contributed by atoms with Crippen molar-refractivity contribution in [2.24, 2.45) is 0 Å². The third-order valence-electron chi connectivity index (χ3n) is 2.45. The molecular formula is C10H15N5O2S2. The van der Waals surface area contributed by atoms with Gasteiger partial charge in [0.15, 0.2) is 0 Å². The average Bonchev–Trinajstić information content (AvgIpc) is 2.99. The Kier molecular flexibility index (Phi) is 4.30. The Morgan fingerprint density at radius 1 is 1.53 bits per heavy atom. The minimum Gasteiger partial charge on any atom is -0.316 e. The fourth-order valence-electron chi connectivity index (χ4n) is 1.56. The fourth-order valence-corrected chi connectivity index (χ4v) is 3.99. The minimum atomic E-state index is -3.53. The van der Waals surface area contributed by atoms with Crippen molar-refractivity contribution in [3.8, 4) is 0 Å². The third-order valence-corrected chi connectivity index (χ3v) is 5.48. The van der Waals surface area contributed by atoms with Crippen LogP contribution in [0.5, 0.6) is 0 Å². The van der Waals surface area contributed by atoms with E-state index in [2.05, 4.69) is 25.2 Å². The highest BCUT2D eigenvalue weighted by molar-refractivity contribution is 7.91. The lowest BCUT2D eigenvalue weighted by Gasteiger charge is -2.10. The molecule has 0 aliphatic carbocycles. The molecule has 0 aromatic carbocycles. The fraction of sp³-hybridized carbons (Fsp3) is 0.400. The van der Waals surface area contributed by atoms with E-state index in [0.29, 0.717) is 16.6 Å². The normalized spacial score (nSPS) is 13.6. The van der Waals surface area contributed by atoms with E-state index in [0.717, 1.165) is 5.56 Å². The van der Waals surface area contributed by atoms with Crippen LogP contribution in [0.4, 0.5) is 0 Å². The lowest BCUT2D eigenvalue weighted by Crippen LogP contribution is -2.27. The molecule has 2 rings (SSSR count). The molecule has 0 aliphatic heterocycles. The number of sulfonamides is 1. The van der Waals surface area contributed by atoms with Gasteiger partial charge in [-0.05, 0) is 31.0 Å². The van der Waals surface area contributed by atoms with Gasteiger partial charge in [0.25, 0.3) is 10.0 Å². The van der Waals surface area contributed by atoms with Crippen LogP contribution < -0.4 is 10.0 Å². The van der Waals surface area contributed by atoms with Crippen LogP contribution in [0.2, 0.25) is 0 Å². The molecule has 1 unspecified atom stereocenters. The first-order valence-electron chi connectivity index (χ1n) is 5.62. The van der Waals surface area contributed by atoms with Crippen molar-refractivity contribution in [2.75, 3.05) is 7.05 Å². The van der Waals surface area contributed by atoms with Crippen molar-refractivity contribution in [3.63, 3.8) is 0 Å². The van der Waals surface area contributed by atoms with E-state index in [-0.39, 0.29) is 0 Å². The lowest BCUT2D eigenvalue weighted by atomic mass is 10.3. The summed E-state index contributed by atoms with van der Waals surface area (Å²) >= 11 is 1.20. The van der Waals surface area contributed by atoms with Gasteiger partial charge in [0.2, 0.25) is 0 Å². The van der Waals surface area contributed by atoms with Crippen LogP contribution in [0.15, 0.2) is 22.0 Å². The molecule has 2 aromatic rings. The van der Waals surface area contributed by atoms with Crippen molar-refractivity contribution in [1.82, 2.24) is 25.2 Å². The topological polar surface area (TPSA) is 99.8 Å². The van der Waals surface area contributed by atoms with Gasteiger partial charge in [-0.25, -0.2) is 18.1 Å². The molecule has 2 heterocycles. The molecule has 0 bridgehead atoms. The maximum Gasteiger partial charge on any atom is 0.250 e. The van der Waals surface area contributed by atoms with Gasteiger partial charge in [-0.15, -0.1) is 11.3 Å². The second kappa shape index (κ2) is 5.78. The summed E-state index contributed by atoms with van der Waals surface area (Å²) in [6.07, 6.45) is 1.34. The van der Waals surface area contributed by atoms with Gasteiger partial charge >= 0.3 is 0 Å².